The van der Waals surface area contributed by atoms with Crippen molar-refractivity contribution in [3.63, 3.8) is 0 Å². The van der Waals surface area contributed by atoms with Gasteiger partial charge in [0.2, 0.25) is 0 Å². The molecule has 0 aromatic heterocycles. The summed E-state index contributed by atoms with van der Waals surface area (Å²) in [5, 5.41) is 8.94. The highest BCUT2D eigenvalue weighted by molar-refractivity contribution is 5.88. The number of rotatable bonds is 2. The van der Waals surface area contributed by atoms with E-state index in [4.69, 9.17) is 5.11 Å². The number of hydrogen-bond donors (Lipinski definition) is 1. The number of benzene rings is 1. The van der Waals surface area contributed by atoms with E-state index in [0.29, 0.717) is 5.92 Å². The molecule has 1 fully saturated rings. The van der Waals surface area contributed by atoms with Gasteiger partial charge < -0.3 is 5.11 Å². The number of aromatic carboxylic acids is 1. The van der Waals surface area contributed by atoms with Gasteiger partial charge in [0, 0.05) is 0 Å². The molecular formula is C14H17FO2. The van der Waals surface area contributed by atoms with Crippen LogP contribution < -0.4 is 0 Å². The standard InChI is InChI=1S/C14H17FO2/c1-9-7-13(15)12(14(16)17)8-11(9)10-5-3-2-4-6-10/h7-8,10H,2-6H2,1H3,(H,16,17). The molecule has 2 rings (SSSR count). The second-order valence-electron chi connectivity index (χ2n) is 4.83. The highest BCUT2D eigenvalue weighted by Crippen LogP contribution is 2.35. The molecule has 0 heterocycles. The number of aryl methyl sites for hydroxylation is 1. The van der Waals surface area contributed by atoms with Crippen LogP contribution in [0.4, 0.5) is 4.39 Å². The molecule has 3 heteroatoms. The predicted molar refractivity (Wildman–Crippen MR) is 63.9 cm³/mol. The molecule has 0 bridgehead atoms. The van der Waals surface area contributed by atoms with E-state index < -0.39 is 11.8 Å². The molecule has 1 aliphatic rings. The van der Waals surface area contributed by atoms with Gasteiger partial charge in [-0.2, -0.15) is 0 Å². The third-order valence-electron chi connectivity index (χ3n) is 3.63. The maximum atomic E-state index is 13.5. The lowest BCUT2D eigenvalue weighted by atomic mass is 9.81. The summed E-state index contributed by atoms with van der Waals surface area (Å²) in [6, 6.07) is 2.89. The van der Waals surface area contributed by atoms with Crippen molar-refractivity contribution in [2.45, 2.75) is 44.9 Å². The number of hydrogen-bond acceptors (Lipinski definition) is 1. The van der Waals surface area contributed by atoms with Crippen LogP contribution in [-0.4, -0.2) is 11.1 Å². The molecule has 1 aromatic carbocycles. The minimum absolute atomic E-state index is 0.198. The minimum Gasteiger partial charge on any atom is -0.478 e. The molecule has 17 heavy (non-hydrogen) atoms. The van der Waals surface area contributed by atoms with Crippen LogP contribution in [0.15, 0.2) is 12.1 Å². The summed E-state index contributed by atoms with van der Waals surface area (Å²) in [6.45, 7) is 1.86. The van der Waals surface area contributed by atoms with Crippen molar-refractivity contribution in [3.8, 4) is 0 Å². The normalized spacial score (nSPS) is 17.1. The molecule has 1 aromatic rings. The third-order valence-corrected chi connectivity index (χ3v) is 3.63. The van der Waals surface area contributed by atoms with Gasteiger partial charge in [-0.1, -0.05) is 19.3 Å². The second-order valence-corrected chi connectivity index (χ2v) is 4.83. The maximum Gasteiger partial charge on any atom is 0.338 e. The van der Waals surface area contributed by atoms with Crippen LogP contribution in [0.25, 0.3) is 0 Å². The maximum absolute atomic E-state index is 13.5. The van der Waals surface area contributed by atoms with Gasteiger partial charge in [-0.05, 0) is 48.9 Å². The van der Waals surface area contributed by atoms with Gasteiger partial charge in [0.25, 0.3) is 0 Å². The Morgan fingerprint density at radius 2 is 1.94 bits per heavy atom. The van der Waals surface area contributed by atoms with E-state index in [1.807, 2.05) is 6.92 Å². The van der Waals surface area contributed by atoms with E-state index >= 15 is 0 Å². The fourth-order valence-corrected chi connectivity index (χ4v) is 2.71. The number of carboxylic acid groups (broad SMARTS) is 1. The Morgan fingerprint density at radius 3 is 2.53 bits per heavy atom. The molecular weight excluding hydrogens is 219 g/mol. The summed E-state index contributed by atoms with van der Waals surface area (Å²) < 4.78 is 13.5. The topological polar surface area (TPSA) is 37.3 Å². The van der Waals surface area contributed by atoms with Gasteiger partial charge in [0.05, 0.1) is 5.56 Å². The van der Waals surface area contributed by atoms with Gasteiger partial charge in [-0.15, -0.1) is 0 Å². The van der Waals surface area contributed by atoms with Crippen LogP contribution in [0, 0.1) is 12.7 Å². The first-order valence-corrected chi connectivity index (χ1v) is 6.13. The highest BCUT2D eigenvalue weighted by atomic mass is 19.1. The Kier molecular flexibility index (Phi) is 3.46. The molecule has 0 atom stereocenters. The number of carbonyl (C=O) groups is 1. The summed E-state index contributed by atoms with van der Waals surface area (Å²) >= 11 is 0. The van der Waals surface area contributed by atoms with Gasteiger partial charge in [0.15, 0.2) is 0 Å². The van der Waals surface area contributed by atoms with Gasteiger partial charge in [-0.3, -0.25) is 0 Å². The quantitative estimate of drug-likeness (QED) is 0.846. The lowest BCUT2D eigenvalue weighted by Gasteiger charge is -2.24. The van der Waals surface area contributed by atoms with Crippen LogP contribution >= 0.6 is 0 Å². The average Bonchev–Trinajstić information content (AvgIpc) is 2.29. The zero-order valence-electron chi connectivity index (χ0n) is 10.0. The lowest BCUT2D eigenvalue weighted by molar-refractivity contribution is 0.0691. The SMILES string of the molecule is Cc1cc(F)c(C(=O)O)cc1C1CCCCC1. The van der Waals surface area contributed by atoms with E-state index in [-0.39, 0.29) is 5.56 Å². The molecule has 1 N–H and O–H groups in total. The summed E-state index contributed by atoms with van der Waals surface area (Å²) in [6.07, 6.45) is 5.80. The average molecular weight is 236 g/mol. The molecule has 0 spiro atoms. The molecule has 1 aliphatic carbocycles. The van der Waals surface area contributed by atoms with Gasteiger partial charge in [-0.25, -0.2) is 9.18 Å². The Morgan fingerprint density at radius 1 is 1.29 bits per heavy atom. The van der Waals surface area contributed by atoms with Crippen LogP contribution in [0.2, 0.25) is 0 Å². The Labute approximate surface area is 100 Å². The molecule has 0 unspecified atom stereocenters. The third kappa shape index (κ3) is 2.48. The highest BCUT2D eigenvalue weighted by Gasteiger charge is 2.20. The fraction of sp³-hybridized carbons (Fsp3) is 0.500. The van der Waals surface area contributed by atoms with E-state index in [2.05, 4.69) is 0 Å². The van der Waals surface area contributed by atoms with Gasteiger partial charge in [0.1, 0.15) is 5.82 Å². The van der Waals surface area contributed by atoms with E-state index in [1.165, 1.54) is 31.4 Å². The summed E-state index contributed by atoms with van der Waals surface area (Å²) in [5.74, 6) is -1.41. The minimum atomic E-state index is -1.18. The number of carboxylic acids is 1. The van der Waals surface area contributed by atoms with Crippen LogP contribution in [0.3, 0.4) is 0 Å². The van der Waals surface area contributed by atoms with Gasteiger partial charge >= 0.3 is 5.97 Å². The summed E-state index contributed by atoms with van der Waals surface area (Å²) in [5.41, 5.74) is 1.69. The largest absolute Gasteiger partial charge is 0.478 e. The van der Waals surface area contributed by atoms with Crippen molar-refractivity contribution in [1.29, 1.82) is 0 Å². The Bertz CT molecular complexity index is 434. The molecule has 92 valence electrons. The van der Waals surface area contributed by atoms with Crippen molar-refractivity contribution >= 4 is 5.97 Å². The van der Waals surface area contributed by atoms with Crippen LogP contribution in [0.1, 0.15) is 59.5 Å². The monoisotopic (exact) mass is 236 g/mol. The Balaban J connectivity index is 2.38. The van der Waals surface area contributed by atoms with Crippen molar-refractivity contribution in [3.05, 3.63) is 34.6 Å². The predicted octanol–water partition coefficient (Wildman–Crippen LogP) is 3.88. The zero-order valence-corrected chi connectivity index (χ0v) is 10.0. The first kappa shape index (κ1) is 12.1. The summed E-state index contributed by atoms with van der Waals surface area (Å²) in [7, 11) is 0. The second kappa shape index (κ2) is 4.86. The first-order chi connectivity index (χ1) is 8.09. The van der Waals surface area contributed by atoms with E-state index in [9.17, 15) is 9.18 Å². The molecule has 0 radical (unpaired) electrons. The fourth-order valence-electron chi connectivity index (χ4n) is 2.71. The molecule has 2 nitrogen and oxygen atoms in total. The zero-order chi connectivity index (χ0) is 12.4. The molecule has 0 aliphatic heterocycles. The summed E-state index contributed by atoms with van der Waals surface area (Å²) in [4.78, 5) is 10.9. The molecule has 0 amide bonds. The van der Waals surface area contributed by atoms with Crippen molar-refractivity contribution < 1.29 is 14.3 Å². The van der Waals surface area contributed by atoms with Crippen molar-refractivity contribution in [2.75, 3.05) is 0 Å². The van der Waals surface area contributed by atoms with Crippen LogP contribution in [-0.2, 0) is 0 Å². The van der Waals surface area contributed by atoms with Crippen molar-refractivity contribution in [1.82, 2.24) is 0 Å². The first-order valence-electron chi connectivity index (χ1n) is 6.13. The molecule has 1 saturated carbocycles. The van der Waals surface area contributed by atoms with E-state index in [0.717, 1.165) is 24.0 Å². The number of halogens is 1. The van der Waals surface area contributed by atoms with E-state index in [1.54, 1.807) is 0 Å². The van der Waals surface area contributed by atoms with Crippen molar-refractivity contribution in [2.24, 2.45) is 0 Å². The molecule has 0 saturated heterocycles. The Hall–Kier alpha value is -1.38. The van der Waals surface area contributed by atoms with Crippen LogP contribution in [0.5, 0.6) is 0 Å². The smallest absolute Gasteiger partial charge is 0.338 e. The lowest BCUT2D eigenvalue weighted by Crippen LogP contribution is -2.09.